The van der Waals surface area contributed by atoms with E-state index in [9.17, 15) is 14.4 Å². The second kappa shape index (κ2) is 8.51. The Balaban J connectivity index is 3.52. The van der Waals surface area contributed by atoms with Gasteiger partial charge in [-0.25, -0.2) is 4.79 Å². The number of hydrogen-bond acceptors (Lipinski definition) is 6. The Kier molecular flexibility index (Phi) is 7.56. The van der Waals surface area contributed by atoms with Gasteiger partial charge in [-0.3, -0.25) is 9.59 Å². The lowest BCUT2D eigenvalue weighted by atomic mass is 10.5. The van der Waals surface area contributed by atoms with Gasteiger partial charge in [-0.2, -0.15) is 0 Å². The molecule has 1 N–H and O–H groups in total. The molecule has 16 heavy (non-hydrogen) atoms. The van der Waals surface area contributed by atoms with Crippen LogP contribution >= 0.6 is 0 Å². The highest BCUT2D eigenvalue weighted by Gasteiger charge is 2.07. The predicted molar refractivity (Wildman–Crippen MR) is 52.6 cm³/mol. The normalized spacial score (nSPS) is 9.12. The van der Waals surface area contributed by atoms with Crippen molar-refractivity contribution in [2.45, 2.75) is 13.3 Å². The third-order valence-corrected chi connectivity index (χ3v) is 1.45. The van der Waals surface area contributed by atoms with E-state index >= 15 is 0 Å². The maximum Gasteiger partial charge on any atom is 0.407 e. The molecule has 0 aromatic rings. The van der Waals surface area contributed by atoms with Crippen LogP contribution in [0.15, 0.2) is 0 Å². The second-order valence-corrected chi connectivity index (χ2v) is 2.62. The molecule has 0 aliphatic carbocycles. The van der Waals surface area contributed by atoms with Crippen LogP contribution in [0.25, 0.3) is 0 Å². The number of amides is 1. The summed E-state index contributed by atoms with van der Waals surface area (Å²) in [5, 5.41) is 2.17. The van der Waals surface area contributed by atoms with Crippen LogP contribution in [-0.2, 0) is 23.8 Å². The smallest absolute Gasteiger partial charge is 0.407 e. The first-order valence-corrected chi connectivity index (χ1v) is 4.73. The summed E-state index contributed by atoms with van der Waals surface area (Å²) in [4.78, 5) is 32.4. The fourth-order valence-electron chi connectivity index (χ4n) is 0.737. The van der Waals surface area contributed by atoms with Crippen molar-refractivity contribution in [3.05, 3.63) is 0 Å². The summed E-state index contributed by atoms with van der Waals surface area (Å²) in [7, 11) is 1.24. The molecule has 0 fully saturated rings. The number of alkyl carbamates (subject to hydrolysis) is 1. The van der Waals surface area contributed by atoms with Crippen molar-refractivity contribution in [2.75, 3.05) is 26.9 Å². The van der Waals surface area contributed by atoms with Gasteiger partial charge in [0.1, 0.15) is 13.2 Å². The number of ether oxygens (including phenoxy) is 3. The number of carbonyl (C=O) groups excluding carboxylic acids is 3. The van der Waals surface area contributed by atoms with Gasteiger partial charge in [-0.1, -0.05) is 0 Å². The van der Waals surface area contributed by atoms with Gasteiger partial charge in [0.2, 0.25) is 0 Å². The molecule has 0 heterocycles. The molecule has 92 valence electrons. The number of methoxy groups -OCH3 is 1. The van der Waals surface area contributed by atoms with E-state index in [0.717, 1.165) is 0 Å². The molecular formula is C9H15NO6. The lowest BCUT2D eigenvalue weighted by Crippen LogP contribution is -2.31. The van der Waals surface area contributed by atoms with Crippen LogP contribution in [0.5, 0.6) is 0 Å². The fraction of sp³-hybridized carbons (Fsp3) is 0.667. The maximum absolute atomic E-state index is 10.9. The van der Waals surface area contributed by atoms with Gasteiger partial charge < -0.3 is 19.5 Å². The summed E-state index contributed by atoms with van der Waals surface area (Å²) >= 11 is 0. The Morgan fingerprint density at radius 2 is 1.81 bits per heavy atom. The Morgan fingerprint density at radius 1 is 1.12 bits per heavy atom. The molecule has 0 unspecified atom stereocenters. The molecule has 0 aromatic carbocycles. The first-order chi connectivity index (χ1) is 7.60. The minimum atomic E-state index is -0.781. The average molecular weight is 233 g/mol. The van der Waals surface area contributed by atoms with Crippen molar-refractivity contribution in [1.29, 1.82) is 0 Å². The van der Waals surface area contributed by atoms with E-state index in [1.165, 1.54) is 7.11 Å². The van der Waals surface area contributed by atoms with Crippen LogP contribution in [0.4, 0.5) is 4.79 Å². The molecule has 1 amide bonds. The van der Waals surface area contributed by atoms with Gasteiger partial charge in [0.15, 0.2) is 0 Å². The number of esters is 2. The molecular weight excluding hydrogens is 218 g/mol. The zero-order valence-electron chi connectivity index (χ0n) is 9.28. The van der Waals surface area contributed by atoms with Crippen molar-refractivity contribution in [3.8, 4) is 0 Å². The first kappa shape index (κ1) is 14.2. The van der Waals surface area contributed by atoms with Crippen LogP contribution in [0.3, 0.4) is 0 Å². The van der Waals surface area contributed by atoms with Crippen LogP contribution in [0.1, 0.15) is 13.3 Å². The Bertz CT molecular complexity index is 252. The highest BCUT2D eigenvalue weighted by atomic mass is 16.6. The summed E-state index contributed by atoms with van der Waals surface area (Å²) < 4.78 is 13.5. The highest BCUT2D eigenvalue weighted by molar-refractivity contribution is 5.78. The van der Waals surface area contributed by atoms with E-state index in [2.05, 4.69) is 19.5 Å². The molecule has 0 aliphatic heterocycles. The van der Waals surface area contributed by atoms with Crippen molar-refractivity contribution in [2.24, 2.45) is 0 Å². The van der Waals surface area contributed by atoms with E-state index in [1.807, 2.05) is 0 Å². The van der Waals surface area contributed by atoms with Gasteiger partial charge in [0.05, 0.1) is 20.1 Å². The third-order valence-electron chi connectivity index (χ3n) is 1.45. The van der Waals surface area contributed by atoms with Crippen molar-refractivity contribution in [1.82, 2.24) is 5.32 Å². The number of carbonyl (C=O) groups is 3. The highest BCUT2D eigenvalue weighted by Crippen LogP contribution is 1.87. The number of rotatable bonds is 6. The molecule has 0 saturated heterocycles. The van der Waals surface area contributed by atoms with Gasteiger partial charge in [-0.15, -0.1) is 0 Å². The van der Waals surface area contributed by atoms with E-state index in [1.54, 1.807) is 6.92 Å². The Labute approximate surface area is 93.0 Å². The van der Waals surface area contributed by atoms with E-state index in [4.69, 9.17) is 0 Å². The molecule has 0 saturated carbocycles. The van der Waals surface area contributed by atoms with Crippen LogP contribution in [0, 0.1) is 0 Å². The van der Waals surface area contributed by atoms with E-state index < -0.39 is 18.0 Å². The Hall–Kier alpha value is -1.79. The molecule has 0 aromatic heterocycles. The van der Waals surface area contributed by atoms with Gasteiger partial charge in [-0.05, 0) is 6.92 Å². The van der Waals surface area contributed by atoms with Gasteiger partial charge in [0, 0.05) is 0 Å². The largest absolute Gasteiger partial charge is 0.469 e. The standard InChI is InChI=1S/C9H15NO6/c1-3-15-8(12)6-10-9(13)16-5-4-7(11)14-2/h3-6H2,1-2H3,(H,10,13). The zero-order valence-corrected chi connectivity index (χ0v) is 9.28. The topological polar surface area (TPSA) is 90.9 Å². The first-order valence-electron chi connectivity index (χ1n) is 4.73. The fourth-order valence-corrected chi connectivity index (χ4v) is 0.737. The summed E-state index contributed by atoms with van der Waals surface area (Å²) in [5.74, 6) is -1.02. The molecule has 0 spiro atoms. The second-order valence-electron chi connectivity index (χ2n) is 2.62. The molecule has 7 heteroatoms. The third kappa shape index (κ3) is 7.60. The Morgan fingerprint density at radius 3 is 2.38 bits per heavy atom. The van der Waals surface area contributed by atoms with Crippen LogP contribution in [0.2, 0.25) is 0 Å². The lowest BCUT2D eigenvalue weighted by molar-refractivity contribution is -0.143. The SMILES string of the molecule is CCOC(=O)CNC(=O)OCCC(=O)OC. The van der Waals surface area contributed by atoms with E-state index in [-0.39, 0.29) is 26.2 Å². The minimum absolute atomic E-state index is 0.0245. The number of nitrogens with one attached hydrogen (secondary N) is 1. The molecule has 0 rings (SSSR count). The molecule has 0 bridgehead atoms. The van der Waals surface area contributed by atoms with Crippen molar-refractivity contribution in [3.63, 3.8) is 0 Å². The quantitative estimate of drug-likeness (QED) is 0.506. The summed E-state index contributed by atoms with van der Waals surface area (Å²) in [6.45, 7) is 1.55. The molecule has 0 atom stereocenters. The number of hydrogen-bond donors (Lipinski definition) is 1. The summed E-state index contributed by atoms with van der Waals surface area (Å²) in [6.07, 6.45) is -0.805. The predicted octanol–water partition coefficient (Wildman–Crippen LogP) is -0.161. The summed E-state index contributed by atoms with van der Waals surface area (Å²) in [6, 6.07) is 0. The van der Waals surface area contributed by atoms with E-state index in [0.29, 0.717) is 0 Å². The van der Waals surface area contributed by atoms with Crippen LogP contribution in [-0.4, -0.2) is 44.9 Å². The molecule has 0 aliphatic rings. The average Bonchev–Trinajstić information content (AvgIpc) is 2.26. The summed E-state index contributed by atoms with van der Waals surface area (Å²) in [5.41, 5.74) is 0. The van der Waals surface area contributed by atoms with Crippen molar-refractivity contribution < 1.29 is 28.6 Å². The molecule has 0 radical (unpaired) electrons. The monoisotopic (exact) mass is 233 g/mol. The van der Waals surface area contributed by atoms with Crippen LogP contribution < -0.4 is 5.32 Å². The van der Waals surface area contributed by atoms with Gasteiger partial charge >= 0.3 is 18.0 Å². The maximum atomic E-state index is 10.9. The van der Waals surface area contributed by atoms with Crippen molar-refractivity contribution >= 4 is 18.0 Å². The van der Waals surface area contributed by atoms with Gasteiger partial charge in [0.25, 0.3) is 0 Å². The minimum Gasteiger partial charge on any atom is -0.469 e. The molecule has 7 nitrogen and oxygen atoms in total. The zero-order chi connectivity index (χ0) is 12.4. The lowest BCUT2D eigenvalue weighted by Gasteiger charge is -2.05.